The highest BCUT2D eigenvalue weighted by atomic mass is 19.1. The van der Waals surface area contributed by atoms with E-state index < -0.39 is 5.82 Å². The zero-order valence-electron chi connectivity index (χ0n) is 22.0. The van der Waals surface area contributed by atoms with Gasteiger partial charge in [0, 0.05) is 37.5 Å². The lowest BCUT2D eigenvalue weighted by Gasteiger charge is -2.23. The van der Waals surface area contributed by atoms with Crippen molar-refractivity contribution in [2.45, 2.75) is 32.6 Å². The molecule has 38 heavy (non-hydrogen) atoms. The number of hydrogen-bond acceptors (Lipinski definition) is 5. The molecule has 0 unspecified atom stereocenters. The number of nitrogens with one attached hydrogen (secondary N) is 2. The van der Waals surface area contributed by atoms with Gasteiger partial charge >= 0.3 is 0 Å². The predicted octanol–water partition coefficient (Wildman–Crippen LogP) is 6.96. The molecule has 0 radical (unpaired) electrons. The molecule has 194 valence electrons. The summed E-state index contributed by atoms with van der Waals surface area (Å²) >= 11 is 0. The monoisotopic (exact) mass is 509 g/mol. The van der Waals surface area contributed by atoms with Crippen LogP contribution in [0.2, 0.25) is 0 Å². The van der Waals surface area contributed by atoms with Gasteiger partial charge in [-0.1, -0.05) is 32.1 Å². The average molecular weight is 510 g/mol. The number of fused-ring (bicyclic) bond motifs is 2. The van der Waals surface area contributed by atoms with E-state index in [1.54, 1.807) is 17.0 Å². The van der Waals surface area contributed by atoms with Crippen molar-refractivity contribution >= 4 is 40.9 Å². The molecule has 1 aromatic heterocycles. The lowest BCUT2D eigenvalue weighted by Crippen LogP contribution is -2.32. The van der Waals surface area contributed by atoms with Crippen LogP contribution in [0.15, 0.2) is 76.9 Å². The molecule has 2 aliphatic rings. The van der Waals surface area contributed by atoms with Crippen LogP contribution in [0.1, 0.15) is 54.2 Å². The maximum Gasteiger partial charge on any atom is 0.258 e. The van der Waals surface area contributed by atoms with E-state index in [-0.39, 0.29) is 5.91 Å². The summed E-state index contributed by atoms with van der Waals surface area (Å²) in [5.41, 5.74) is 9.10. The predicted molar refractivity (Wildman–Crippen MR) is 154 cm³/mol. The molecule has 1 aliphatic heterocycles. The Bertz CT molecular complexity index is 1460. The van der Waals surface area contributed by atoms with Crippen LogP contribution in [0.3, 0.4) is 0 Å². The second kappa shape index (κ2) is 10.6. The van der Waals surface area contributed by atoms with E-state index in [9.17, 15) is 9.18 Å². The van der Waals surface area contributed by atoms with E-state index in [1.807, 2.05) is 31.3 Å². The number of rotatable bonds is 7. The fourth-order valence-corrected chi connectivity index (χ4v) is 5.23. The Labute approximate surface area is 223 Å². The van der Waals surface area contributed by atoms with E-state index in [4.69, 9.17) is 0 Å². The van der Waals surface area contributed by atoms with Gasteiger partial charge in [-0.25, -0.2) is 4.39 Å². The molecule has 2 N–H and O–H groups in total. The van der Waals surface area contributed by atoms with E-state index in [1.165, 1.54) is 23.4 Å². The van der Waals surface area contributed by atoms with Gasteiger partial charge in [-0.15, -0.1) is 0 Å². The van der Waals surface area contributed by atoms with Gasteiger partial charge in [-0.2, -0.15) is 0 Å². The van der Waals surface area contributed by atoms with Crippen molar-refractivity contribution in [2.24, 2.45) is 4.99 Å². The topological polar surface area (TPSA) is 69.6 Å². The highest BCUT2D eigenvalue weighted by Gasteiger charge is 2.30. The Morgan fingerprint density at radius 3 is 2.71 bits per heavy atom. The normalized spacial score (nSPS) is 14.6. The lowest BCUT2D eigenvalue weighted by atomic mass is 9.99. The first-order valence-corrected chi connectivity index (χ1v) is 12.9. The van der Waals surface area contributed by atoms with Gasteiger partial charge in [0.15, 0.2) is 0 Å². The molecule has 0 fully saturated rings. The number of carbonyl (C=O) groups is 1. The lowest BCUT2D eigenvalue weighted by molar-refractivity contribution is 0.0987. The largest absolute Gasteiger partial charge is 0.388 e. The number of amides is 1. The third-order valence-corrected chi connectivity index (χ3v) is 7.21. The summed E-state index contributed by atoms with van der Waals surface area (Å²) in [6, 6.07) is 14.8. The third-order valence-electron chi connectivity index (χ3n) is 7.21. The van der Waals surface area contributed by atoms with Crippen LogP contribution in [0.25, 0.3) is 5.57 Å². The molecule has 1 aliphatic carbocycles. The Hall–Kier alpha value is -4.26. The van der Waals surface area contributed by atoms with Gasteiger partial charge in [-0.3, -0.25) is 14.8 Å². The number of halogens is 1. The summed E-state index contributed by atoms with van der Waals surface area (Å²) in [5, 5.41) is 6.65. The summed E-state index contributed by atoms with van der Waals surface area (Å²) < 4.78 is 14.4. The zero-order valence-corrected chi connectivity index (χ0v) is 22.0. The summed E-state index contributed by atoms with van der Waals surface area (Å²) in [6.45, 7) is 9.16. The smallest absolute Gasteiger partial charge is 0.258 e. The summed E-state index contributed by atoms with van der Waals surface area (Å²) in [5.74, 6) is -0.280. The van der Waals surface area contributed by atoms with Gasteiger partial charge in [0.1, 0.15) is 5.82 Å². The minimum absolute atomic E-state index is 0.164. The molecule has 1 amide bonds. The first kappa shape index (κ1) is 25.4. The number of pyridine rings is 1. The minimum Gasteiger partial charge on any atom is -0.388 e. The van der Waals surface area contributed by atoms with Crippen molar-refractivity contribution in [3.63, 3.8) is 0 Å². The van der Waals surface area contributed by atoms with Crippen molar-refractivity contribution in [3.8, 4) is 0 Å². The molecule has 0 saturated carbocycles. The first-order valence-electron chi connectivity index (χ1n) is 12.9. The standard InChI is InChI=1S/C31H32FN5O/c1-19(2)25-6-5-7-27(34-4)29(25)35-17-20-14-22-12-13-37(31(38)21-8-10-24(33-3)11-9-21)28-16-23(32)18-36-30(28)26(22)15-20/h5-11,14,16,18-19,33,35H,4,12-13,15,17H2,1-3H3. The minimum atomic E-state index is -0.460. The molecule has 7 heteroatoms. The Morgan fingerprint density at radius 1 is 1.21 bits per heavy atom. The number of hydrogen-bond donors (Lipinski definition) is 2. The summed E-state index contributed by atoms with van der Waals surface area (Å²) in [7, 11) is 1.83. The molecule has 0 bridgehead atoms. The van der Waals surface area contributed by atoms with Crippen LogP contribution in [0.5, 0.6) is 0 Å². The molecule has 5 rings (SSSR count). The number of carbonyl (C=O) groups excluding carboxylic acids is 1. The number of aliphatic imine (C=N–C) groups is 1. The maximum atomic E-state index is 14.4. The van der Waals surface area contributed by atoms with Gasteiger partial charge in [-0.05, 0) is 78.1 Å². The maximum absolute atomic E-state index is 14.4. The van der Waals surface area contributed by atoms with Crippen LogP contribution in [-0.4, -0.2) is 37.7 Å². The fraction of sp³-hybridized carbons (Fsp3) is 0.258. The van der Waals surface area contributed by atoms with Gasteiger partial charge < -0.3 is 15.5 Å². The highest BCUT2D eigenvalue weighted by Crippen LogP contribution is 2.42. The number of allylic oxidation sites excluding steroid dienone is 2. The van der Waals surface area contributed by atoms with Gasteiger partial charge in [0.05, 0.1) is 29.0 Å². The molecule has 0 spiro atoms. The van der Waals surface area contributed by atoms with Gasteiger partial charge in [0.2, 0.25) is 0 Å². The highest BCUT2D eigenvalue weighted by molar-refractivity contribution is 6.08. The fourth-order valence-electron chi connectivity index (χ4n) is 5.23. The molecule has 2 heterocycles. The molecule has 0 atom stereocenters. The zero-order chi connectivity index (χ0) is 26.8. The van der Waals surface area contributed by atoms with Crippen LogP contribution in [0.4, 0.5) is 27.1 Å². The number of para-hydroxylation sites is 1. The SMILES string of the molecule is C=Nc1cccc(C(C)C)c1NCC1=CC2=C(C1)c1ncc(F)cc1N(C(=O)c1ccc(NC)cc1)CC2. The first-order chi connectivity index (χ1) is 18.4. The average Bonchev–Trinajstić information content (AvgIpc) is 3.28. The molecule has 0 saturated heterocycles. The van der Waals surface area contributed by atoms with E-state index in [2.05, 4.69) is 53.3 Å². The number of nitrogens with zero attached hydrogens (tertiary/aromatic N) is 3. The second-order valence-electron chi connectivity index (χ2n) is 9.95. The van der Waals surface area contributed by atoms with E-state index in [0.717, 1.165) is 28.2 Å². The Morgan fingerprint density at radius 2 is 2.00 bits per heavy atom. The number of aromatic nitrogens is 1. The van der Waals surface area contributed by atoms with E-state index in [0.29, 0.717) is 48.8 Å². The Balaban J connectivity index is 1.40. The van der Waals surface area contributed by atoms with Crippen molar-refractivity contribution in [2.75, 3.05) is 35.7 Å². The molecule has 6 nitrogen and oxygen atoms in total. The number of benzene rings is 2. The molecular formula is C31H32FN5O. The third kappa shape index (κ3) is 4.84. The van der Waals surface area contributed by atoms with Crippen LogP contribution >= 0.6 is 0 Å². The van der Waals surface area contributed by atoms with Crippen LogP contribution < -0.4 is 15.5 Å². The van der Waals surface area contributed by atoms with Crippen molar-refractivity contribution in [1.29, 1.82) is 0 Å². The summed E-state index contributed by atoms with van der Waals surface area (Å²) in [6.07, 6.45) is 4.79. The van der Waals surface area contributed by atoms with E-state index >= 15 is 0 Å². The number of anilines is 3. The molecular weight excluding hydrogens is 477 g/mol. The Kier molecular flexibility index (Phi) is 7.09. The van der Waals surface area contributed by atoms with Crippen LogP contribution in [0, 0.1) is 5.82 Å². The van der Waals surface area contributed by atoms with Crippen molar-refractivity contribution in [3.05, 3.63) is 94.6 Å². The van der Waals surface area contributed by atoms with Gasteiger partial charge in [0.25, 0.3) is 5.91 Å². The van der Waals surface area contributed by atoms with Crippen LogP contribution in [-0.2, 0) is 0 Å². The van der Waals surface area contributed by atoms with Crippen molar-refractivity contribution in [1.82, 2.24) is 4.98 Å². The molecule has 2 aromatic carbocycles. The second-order valence-corrected chi connectivity index (χ2v) is 9.95. The quantitative estimate of drug-likeness (QED) is 0.338. The summed E-state index contributed by atoms with van der Waals surface area (Å²) in [4.78, 5) is 23.9. The van der Waals surface area contributed by atoms with Crippen molar-refractivity contribution < 1.29 is 9.18 Å². The molecule has 3 aromatic rings.